The molecule has 0 unspecified atom stereocenters. The lowest BCUT2D eigenvalue weighted by Gasteiger charge is -2.11. The van der Waals surface area contributed by atoms with Gasteiger partial charge in [0.25, 0.3) is 5.69 Å². The average molecular weight is 373 g/mol. The number of hydrogen-bond donors (Lipinski definition) is 1. The maximum Gasteiger partial charge on any atom is 0.269 e. The minimum atomic E-state index is -0.436. The molecular weight excluding hydrogens is 358 g/mol. The molecule has 2 aromatic carbocycles. The number of methoxy groups -OCH3 is 1. The molecule has 0 fully saturated rings. The molecule has 0 aliphatic heterocycles. The predicted octanol–water partition coefficient (Wildman–Crippen LogP) is 3.86. The zero-order valence-electron chi connectivity index (χ0n) is 14.9. The van der Waals surface area contributed by atoms with E-state index in [1.54, 1.807) is 19.2 Å². The van der Waals surface area contributed by atoms with Gasteiger partial charge in [0.1, 0.15) is 17.9 Å². The van der Waals surface area contributed by atoms with E-state index in [1.807, 2.05) is 30.3 Å². The molecule has 0 saturated carbocycles. The number of nitrogens with zero attached hydrogens (tertiary/aromatic N) is 4. The Morgan fingerprint density at radius 1 is 1.00 bits per heavy atom. The van der Waals surface area contributed by atoms with Crippen LogP contribution in [0.1, 0.15) is 0 Å². The Kier molecular flexibility index (Phi) is 4.29. The van der Waals surface area contributed by atoms with Gasteiger partial charge in [-0.15, -0.1) is 0 Å². The van der Waals surface area contributed by atoms with Crippen LogP contribution in [0, 0.1) is 10.1 Å². The summed E-state index contributed by atoms with van der Waals surface area (Å²) < 4.78 is 5.22. The Morgan fingerprint density at radius 3 is 2.32 bits per heavy atom. The van der Waals surface area contributed by atoms with Crippen molar-refractivity contribution in [2.24, 2.45) is 0 Å². The lowest BCUT2D eigenvalue weighted by Crippen LogP contribution is -1.99. The first-order valence-corrected chi connectivity index (χ1v) is 8.37. The summed E-state index contributed by atoms with van der Waals surface area (Å²) in [5.74, 6) is 1.07. The van der Waals surface area contributed by atoms with Crippen LogP contribution in [0.3, 0.4) is 0 Å². The van der Waals surface area contributed by atoms with Crippen molar-refractivity contribution in [2.45, 2.75) is 0 Å². The highest BCUT2D eigenvalue weighted by Gasteiger charge is 2.14. The van der Waals surface area contributed by atoms with Crippen LogP contribution in [0.2, 0.25) is 0 Å². The van der Waals surface area contributed by atoms with E-state index in [1.165, 1.54) is 18.5 Å². The lowest BCUT2D eigenvalue weighted by molar-refractivity contribution is -0.384. The van der Waals surface area contributed by atoms with Gasteiger partial charge in [0.05, 0.1) is 23.1 Å². The Bertz CT molecular complexity index is 1180. The molecule has 0 amide bonds. The number of nitrogen functional groups attached to an aromatic ring is 1. The molecule has 28 heavy (non-hydrogen) atoms. The van der Waals surface area contributed by atoms with Crippen molar-refractivity contribution in [2.75, 3.05) is 12.8 Å². The lowest BCUT2D eigenvalue weighted by atomic mass is 9.99. The molecule has 2 N–H and O–H groups in total. The average Bonchev–Trinajstić information content (AvgIpc) is 2.73. The van der Waals surface area contributed by atoms with Gasteiger partial charge >= 0.3 is 0 Å². The second kappa shape index (κ2) is 6.92. The van der Waals surface area contributed by atoms with Crippen LogP contribution in [0.5, 0.6) is 5.75 Å². The first-order valence-electron chi connectivity index (χ1n) is 8.37. The first kappa shape index (κ1) is 17.3. The monoisotopic (exact) mass is 373 g/mol. The first-order chi connectivity index (χ1) is 13.6. The second-order valence-corrected chi connectivity index (χ2v) is 6.05. The maximum atomic E-state index is 10.9. The van der Waals surface area contributed by atoms with Crippen molar-refractivity contribution in [1.29, 1.82) is 0 Å². The number of rotatable bonds is 4. The van der Waals surface area contributed by atoms with Gasteiger partial charge < -0.3 is 10.5 Å². The van der Waals surface area contributed by atoms with Gasteiger partial charge in [0.15, 0.2) is 5.65 Å². The SMILES string of the molecule is COc1ccc(-c2cc(-c3ccc([N+](=O)[O-])cc3)nc3ncnc(N)c23)cc1. The number of ether oxygens (including phenoxy) is 1. The summed E-state index contributed by atoms with van der Waals surface area (Å²) >= 11 is 0. The summed E-state index contributed by atoms with van der Waals surface area (Å²) in [6.07, 6.45) is 1.36. The quantitative estimate of drug-likeness (QED) is 0.426. The fourth-order valence-corrected chi connectivity index (χ4v) is 2.99. The molecule has 138 valence electrons. The van der Waals surface area contributed by atoms with Gasteiger partial charge in [0.2, 0.25) is 0 Å². The van der Waals surface area contributed by atoms with E-state index in [9.17, 15) is 10.1 Å². The van der Waals surface area contributed by atoms with Crippen molar-refractivity contribution >= 4 is 22.5 Å². The third-order valence-electron chi connectivity index (χ3n) is 4.41. The Hall–Kier alpha value is -4.07. The topological polar surface area (TPSA) is 117 Å². The number of hydrogen-bond acceptors (Lipinski definition) is 7. The molecule has 0 spiro atoms. The van der Waals surface area contributed by atoms with E-state index in [0.717, 1.165) is 22.4 Å². The molecule has 0 atom stereocenters. The summed E-state index contributed by atoms with van der Waals surface area (Å²) in [6, 6.07) is 15.6. The van der Waals surface area contributed by atoms with Crippen LogP contribution < -0.4 is 10.5 Å². The van der Waals surface area contributed by atoms with Crippen LogP contribution in [-0.4, -0.2) is 27.0 Å². The molecule has 4 aromatic rings. The van der Waals surface area contributed by atoms with E-state index in [-0.39, 0.29) is 5.69 Å². The highest BCUT2D eigenvalue weighted by Crippen LogP contribution is 2.34. The zero-order valence-corrected chi connectivity index (χ0v) is 14.9. The third-order valence-corrected chi connectivity index (χ3v) is 4.41. The van der Waals surface area contributed by atoms with Crippen LogP contribution in [0.15, 0.2) is 60.9 Å². The number of fused-ring (bicyclic) bond motifs is 1. The molecule has 0 saturated heterocycles. The second-order valence-electron chi connectivity index (χ2n) is 6.05. The molecule has 0 radical (unpaired) electrons. The summed E-state index contributed by atoms with van der Waals surface area (Å²) in [5.41, 5.74) is 9.66. The van der Waals surface area contributed by atoms with Gasteiger partial charge in [-0.2, -0.15) is 0 Å². The Labute approximate surface area is 159 Å². The van der Waals surface area contributed by atoms with Gasteiger partial charge in [0, 0.05) is 17.7 Å². The largest absolute Gasteiger partial charge is 0.497 e. The molecule has 2 aromatic heterocycles. The minimum absolute atomic E-state index is 0.0199. The number of anilines is 1. The van der Waals surface area contributed by atoms with E-state index in [2.05, 4.69) is 15.0 Å². The van der Waals surface area contributed by atoms with Crippen molar-refractivity contribution in [3.8, 4) is 28.1 Å². The summed E-state index contributed by atoms with van der Waals surface area (Å²) in [5, 5.41) is 11.6. The van der Waals surface area contributed by atoms with E-state index in [4.69, 9.17) is 10.5 Å². The smallest absolute Gasteiger partial charge is 0.269 e. The number of aromatic nitrogens is 3. The highest BCUT2D eigenvalue weighted by molar-refractivity contribution is 6.00. The number of nitro benzene ring substituents is 1. The van der Waals surface area contributed by atoms with Crippen LogP contribution in [-0.2, 0) is 0 Å². The van der Waals surface area contributed by atoms with Gasteiger partial charge in [-0.3, -0.25) is 10.1 Å². The Balaban J connectivity index is 1.92. The summed E-state index contributed by atoms with van der Waals surface area (Å²) in [6.45, 7) is 0. The number of nitro groups is 1. The fraction of sp³-hybridized carbons (Fsp3) is 0.0500. The maximum absolute atomic E-state index is 10.9. The molecular formula is C20H15N5O3. The number of non-ortho nitro benzene ring substituents is 1. The number of benzene rings is 2. The van der Waals surface area contributed by atoms with E-state index >= 15 is 0 Å². The Morgan fingerprint density at radius 2 is 1.68 bits per heavy atom. The van der Waals surface area contributed by atoms with Crippen LogP contribution in [0.4, 0.5) is 11.5 Å². The fourth-order valence-electron chi connectivity index (χ4n) is 2.99. The standard InChI is InChI=1S/C20H15N5O3/c1-28-15-8-4-12(5-9-15)16-10-17(13-2-6-14(7-3-13)25(26)27)24-20-18(16)19(21)22-11-23-20/h2-11H,1H3,(H2,21,22,23,24). The summed E-state index contributed by atoms with van der Waals surface area (Å²) in [4.78, 5) is 23.4. The normalized spacial score (nSPS) is 10.8. The number of pyridine rings is 1. The van der Waals surface area contributed by atoms with Crippen molar-refractivity contribution in [1.82, 2.24) is 15.0 Å². The van der Waals surface area contributed by atoms with Gasteiger partial charge in [-0.1, -0.05) is 12.1 Å². The van der Waals surface area contributed by atoms with Crippen LogP contribution in [0.25, 0.3) is 33.4 Å². The van der Waals surface area contributed by atoms with Crippen LogP contribution >= 0.6 is 0 Å². The molecule has 2 heterocycles. The van der Waals surface area contributed by atoms with E-state index in [0.29, 0.717) is 22.5 Å². The molecule has 0 aliphatic carbocycles. The van der Waals surface area contributed by atoms with Gasteiger partial charge in [-0.25, -0.2) is 15.0 Å². The number of nitrogens with two attached hydrogens (primary N) is 1. The molecule has 0 bridgehead atoms. The molecule has 8 nitrogen and oxygen atoms in total. The third kappa shape index (κ3) is 3.07. The summed E-state index contributed by atoms with van der Waals surface area (Å²) in [7, 11) is 1.61. The van der Waals surface area contributed by atoms with Gasteiger partial charge in [-0.05, 0) is 41.5 Å². The van der Waals surface area contributed by atoms with Crippen molar-refractivity contribution in [3.63, 3.8) is 0 Å². The van der Waals surface area contributed by atoms with Crippen molar-refractivity contribution in [3.05, 3.63) is 71.0 Å². The van der Waals surface area contributed by atoms with Crippen molar-refractivity contribution < 1.29 is 9.66 Å². The predicted molar refractivity (Wildman–Crippen MR) is 106 cm³/mol. The zero-order chi connectivity index (χ0) is 19.7. The molecule has 0 aliphatic rings. The molecule has 8 heteroatoms. The van der Waals surface area contributed by atoms with E-state index < -0.39 is 4.92 Å². The highest BCUT2D eigenvalue weighted by atomic mass is 16.6. The molecule has 4 rings (SSSR count). The minimum Gasteiger partial charge on any atom is -0.497 e.